The summed E-state index contributed by atoms with van der Waals surface area (Å²) < 4.78 is 22.1. The molecule has 0 aliphatic rings. The van der Waals surface area contributed by atoms with E-state index in [2.05, 4.69) is 10.3 Å². The summed E-state index contributed by atoms with van der Waals surface area (Å²) in [5.41, 5.74) is 0.757. The van der Waals surface area contributed by atoms with Crippen molar-refractivity contribution in [2.45, 2.75) is 25.1 Å². The summed E-state index contributed by atoms with van der Waals surface area (Å²) in [6, 6.07) is 3.24. The zero-order valence-corrected chi connectivity index (χ0v) is 11.1. The molecule has 0 saturated carbocycles. The van der Waals surface area contributed by atoms with Crippen molar-refractivity contribution in [3.63, 3.8) is 0 Å². The molecule has 96 valence electrons. The van der Waals surface area contributed by atoms with Crippen molar-refractivity contribution >= 4 is 9.84 Å². The standard InChI is InChI=1S/C11H18N2O3S/c1-11(2,17(3,15)16)8-12-6-9-4-5-10(14)7-13-9/h4-5,7,12,14H,6,8H2,1-3H3. The van der Waals surface area contributed by atoms with Crippen molar-refractivity contribution in [2.24, 2.45) is 0 Å². The Kier molecular flexibility index (Phi) is 4.11. The van der Waals surface area contributed by atoms with Crippen LogP contribution in [0.1, 0.15) is 19.5 Å². The van der Waals surface area contributed by atoms with E-state index in [0.29, 0.717) is 13.1 Å². The van der Waals surface area contributed by atoms with Gasteiger partial charge < -0.3 is 10.4 Å². The molecule has 1 rings (SSSR count). The third-order valence-electron chi connectivity index (χ3n) is 2.67. The van der Waals surface area contributed by atoms with Gasteiger partial charge in [-0.15, -0.1) is 0 Å². The van der Waals surface area contributed by atoms with E-state index in [1.807, 2.05) is 0 Å². The number of sulfone groups is 1. The maximum atomic E-state index is 11.5. The highest BCUT2D eigenvalue weighted by Gasteiger charge is 2.29. The number of aromatic nitrogens is 1. The minimum Gasteiger partial charge on any atom is -0.506 e. The van der Waals surface area contributed by atoms with Crippen molar-refractivity contribution in [2.75, 3.05) is 12.8 Å². The number of nitrogens with one attached hydrogen (secondary N) is 1. The Balaban J connectivity index is 2.51. The maximum absolute atomic E-state index is 11.5. The van der Waals surface area contributed by atoms with E-state index >= 15 is 0 Å². The van der Waals surface area contributed by atoms with Gasteiger partial charge in [0, 0.05) is 19.3 Å². The summed E-state index contributed by atoms with van der Waals surface area (Å²) >= 11 is 0. The second-order valence-electron chi connectivity index (χ2n) is 4.64. The van der Waals surface area contributed by atoms with Crippen molar-refractivity contribution < 1.29 is 13.5 Å². The monoisotopic (exact) mass is 258 g/mol. The van der Waals surface area contributed by atoms with Crippen molar-refractivity contribution in [1.29, 1.82) is 0 Å². The molecule has 1 aromatic rings. The summed E-state index contributed by atoms with van der Waals surface area (Å²) in [5, 5.41) is 12.1. The summed E-state index contributed by atoms with van der Waals surface area (Å²) in [4.78, 5) is 4.00. The van der Waals surface area contributed by atoms with Crippen LogP contribution in [0.4, 0.5) is 0 Å². The van der Waals surface area contributed by atoms with E-state index in [1.165, 1.54) is 12.5 Å². The van der Waals surface area contributed by atoms with Gasteiger partial charge in [0.25, 0.3) is 0 Å². The molecular weight excluding hydrogens is 240 g/mol. The molecule has 0 bridgehead atoms. The molecule has 1 aromatic heterocycles. The predicted octanol–water partition coefficient (Wildman–Crippen LogP) is 0.700. The Morgan fingerprint density at radius 2 is 2.06 bits per heavy atom. The van der Waals surface area contributed by atoms with E-state index < -0.39 is 14.6 Å². The van der Waals surface area contributed by atoms with Crippen LogP contribution >= 0.6 is 0 Å². The average Bonchev–Trinajstić information content (AvgIpc) is 2.19. The Bertz CT molecular complexity index is 466. The van der Waals surface area contributed by atoms with Gasteiger partial charge in [-0.05, 0) is 26.0 Å². The molecule has 0 atom stereocenters. The first-order valence-corrected chi connectivity index (χ1v) is 7.16. The fourth-order valence-electron chi connectivity index (χ4n) is 1.14. The van der Waals surface area contributed by atoms with Gasteiger partial charge in [-0.25, -0.2) is 8.42 Å². The molecule has 0 unspecified atom stereocenters. The molecule has 1 heterocycles. The van der Waals surface area contributed by atoms with E-state index in [9.17, 15) is 8.42 Å². The average molecular weight is 258 g/mol. The lowest BCUT2D eigenvalue weighted by Crippen LogP contribution is -2.41. The minimum absolute atomic E-state index is 0.116. The summed E-state index contributed by atoms with van der Waals surface area (Å²) in [7, 11) is -3.09. The van der Waals surface area contributed by atoms with E-state index in [4.69, 9.17) is 5.11 Å². The Morgan fingerprint density at radius 1 is 1.41 bits per heavy atom. The SMILES string of the molecule is CC(C)(CNCc1ccc(O)cn1)S(C)(=O)=O. The molecule has 2 N–H and O–H groups in total. The fraction of sp³-hybridized carbons (Fsp3) is 0.545. The number of pyridine rings is 1. The highest BCUT2D eigenvalue weighted by Crippen LogP contribution is 2.13. The molecule has 0 saturated heterocycles. The highest BCUT2D eigenvalue weighted by molar-refractivity contribution is 7.92. The molecule has 0 radical (unpaired) electrons. The highest BCUT2D eigenvalue weighted by atomic mass is 32.2. The van der Waals surface area contributed by atoms with E-state index in [-0.39, 0.29) is 5.75 Å². The number of aromatic hydroxyl groups is 1. The van der Waals surface area contributed by atoms with Crippen LogP contribution < -0.4 is 5.32 Å². The first-order chi connectivity index (χ1) is 7.72. The zero-order valence-electron chi connectivity index (χ0n) is 10.3. The number of hydrogen-bond donors (Lipinski definition) is 2. The third kappa shape index (κ3) is 3.98. The molecule has 0 aromatic carbocycles. The van der Waals surface area contributed by atoms with E-state index in [1.54, 1.807) is 26.0 Å². The first kappa shape index (κ1) is 13.9. The van der Waals surface area contributed by atoms with Crippen LogP contribution in [0.2, 0.25) is 0 Å². The molecular formula is C11H18N2O3S. The van der Waals surface area contributed by atoms with Gasteiger partial charge in [-0.2, -0.15) is 0 Å². The molecule has 17 heavy (non-hydrogen) atoms. The van der Waals surface area contributed by atoms with Crippen LogP contribution in [-0.2, 0) is 16.4 Å². The molecule has 0 fully saturated rings. The van der Waals surface area contributed by atoms with Gasteiger partial charge in [0.05, 0.1) is 16.6 Å². The second-order valence-corrected chi connectivity index (χ2v) is 7.29. The molecule has 0 aliphatic carbocycles. The quantitative estimate of drug-likeness (QED) is 0.812. The van der Waals surface area contributed by atoms with Gasteiger partial charge in [0.15, 0.2) is 9.84 Å². The van der Waals surface area contributed by atoms with Crippen LogP contribution in [0, 0.1) is 0 Å². The van der Waals surface area contributed by atoms with Gasteiger partial charge in [-0.1, -0.05) is 0 Å². The normalized spacial score (nSPS) is 12.6. The van der Waals surface area contributed by atoms with Crippen LogP contribution in [-0.4, -0.2) is 36.1 Å². The lowest BCUT2D eigenvalue weighted by Gasteiger charge is -2.22. The smallest absolute Gasteiger partial charge is 0.153 e. The van der Waals surface area contributed by atoms with Crippen molar-refractivity contribution in [1.82, 2.24) is 10.3 Å². The van der Waals surface area contributed by atoms with Gasteiger partial charge in [-0.3, -0.25) is 4.98 Å². The van der Waals surface area contributed by atoms with Gasteiger partial charge in [0.2, 0.25) is 0 Å². The van der Waals surface area contributed by atoms with E-state index in [0.717, 1.165) is 5.69 Å². The van der Waals surface area contributed by atoms with Crippen LogP contribution in [0.3, 0.4) is 0 Å². The molecule has 0 aliphatic heterocycles. The molecule has 0 spiro atoms. The predicted molar refractivity (Wildman–Crippen MR) is 66.5 cm³/mol. The largest absolute Gasteiger partial charge is 0.506 e. The molecule has 5 nitrogen and oxygen atoms in total. The van der Waals surface area contributed by atoms with Crippen LogP contribution in [0.25, 0.3) is 0 Å². The minimum atomic E-state index is -3.09. The van der Waals surface area contributed by atoms with Gasteiger partial charge >= 0.3 is 0 Å². The third-order valence-corrected chi connectivity index (χ3v) is 4.82. The Morgan fingerprint density at radius 3 is 2.53 bits per heavy atom. The van der Waals surface area contributed by atoms with Crippen LogP contribution in [0.15, 0.2) is 18.3 Å². The molecule has 6 heteroatoms. The summed E-state index contributed by atoms with van der Waals surface area (Å²) in [5.74, 6) is 0.116. The number of rotatable bonds is 5. The lowest BCUT2D eigenvalue weighted by atomic mass is 10.2. The summed E-state index contributed by atoms with van der Waals surface area (Å²) in [6.45, 7) is 4.19. The lowest BCUT2D eigenvalue weighted by molar-refractivity contribution is 0.471. The van der Waals surface area contributed by atoms with Crippen LogP contribution in [0.5, 0.6) is 5.75 Å². The van der Waals surface area contributed by atoms with Crippen molar-refractivity contribution in [3.05, 3.63) is 24.0 Å². The Labute approximate surface area is 102 Å². The Hall–Kier alpha value is -1.14. The maximum Gasteiger partial charge on any atom is 0.153 e. The zero-order chi connectivity index (χ0) is 13.1. The summed E-state index contributed by atoms with van der Waals surface area (Å²) in [6.07, 6.45) is 2.59. The molecule has 0 amide bonds. The van der Waals surface area contributed by atoms with Crippen molar-refractivity contribution in [3.8, 4) is 5.75 Å². The number of nitrogens with zero attached hydrogens (tertiary/aromatic N) is 1. The topological polar surface area (TPSA) is 79.3 Å². The number of hydrogen-bond acceptors (Lipinski definition) is 5. The first-order valence-electron chi connectivity index (χ1n) is 5.26. The van der Waals surface area contributed by atoms with Gasteiger partial charge in [0.1, 0.15) is 5.75 Å². The second kappa shape index (κ2) is 5.01. The fourth-order valence-corrected chi connectivity index (χ4v) is 1.51.